The van der Waals surface area contributed by atoms with Gasteiger partial charge in [0.15, 0.2) is 0 Å². The summed E-state index contributed by atoms with van der Waals surface area (Å²) in [7, 11) is -1.01. The zero-order valence-corrected chi connectivity index (χ0v) is 11.4. The number of allylic oxidation sites excluding steroid dienone is 3. The molecule has 0 amide bonds. The van der Waals surface area contributed by atoms with E-state index in [9.17, 15) is 0 Å². The Hall–Kier alpha value is 0.177. The summed E-state index contributed by atoms with van der Waals surface area (Å²) >= 11 is 3.67. The van der Waals surface area contributed by atoms with Crippen LogP contribution in [0.25, 0.3) is 0 Å². The van der Waals surface area contributed by atoms with E-state index in [0.29, 0.717) is 0 Å². The lowest BCUT2D eigenvalue weighted by Crippen LogP contribution is -2.15. The third-order valence-corrected chi connectivity index (χ3v) is 4.30. The summed E-state index contributed by atoms with van der Waals surface area (Å²) in [6.45, 7) is 7.13. The van der Waals surface area contributed by atoms with Crippen molar-refractivity contribution in [3.05, 3.63) is 21.8 Å². The maximum Gasteiger partial charge on any atom is 0.0687 e. The van der Waals surface area contributed by atoms with Crippen LogP contribution < -0.4 is 0 Å². The molecule has 2 heteroatoms. The third-order valence-electron chi connectivity index (χ3n) is 2.23. The summed E-state index contributed by atoms with van der Waals surface area (Å²) in [6.07, 6.45) is 7.58. The van der Waals surface area contributed by atoms with Gasteiger partial charge < -0.3 is 0 Å². The first kappa shape index (κ1) is 11.3. The van der Waals surface area contributed by atoms with Gasteiger partial charge in [0.1, 0.15) is 0 Å². The van der Waals surface area contributed by atoms with Gasteiger partial charge in [-0.3, -0.25) is 0 Å². The zero-order valence-electron chi connectivity index (χ0n) is 8.86. The molecular weight excluding hydrogens is 240 g/mol. The first-order valence-electron chi connectivity index (χ1n) is 5.06. The lowest BCUT2D eigenvalue weighted by molar-refractivity contribution is 0.707. The van der Waals surface area contributed by atoms with Crippen LogP contribution in [0.1, 0.15) is 25.7 Å². The minimum Gasteiger partial charge on any atom is -0.0947 e. The van der Waals surface area contributed by atoms with Crippen molar-refractivity contribution >= 4 is 24.0 Å². The number of hydrogen-bond donors (Lipinski definition) is 0. The van der Waals surface area contributed by atoms with Crippen molar-refractivity contribution < 1.29 is 0 Å². The second-order valence-corrected chi connectivity index (χ2v) is 10.9. The summed E-state index contributed by atoms with van der Waals surface area (Å²) < 4.78 is 1.44. The predicted octanol–water partition coefficient (Wildman–Crippen LogP) is 4.64. The van der Waals surface area contributed by atoms with Crippen LogP contribution >= 0.6 is 15.9 Å². The first-order chi connectivity index (χ1) is 5.99. The van der Waals surface area contributed by atoms with Crippen molar-refractivity contribution in [3.63, 3.8) is 0 Å². The molecule has 0 nitrogen and oxygen atoms in total. The maximum atomic E-state index is 3.67. The van der Waals surface area contributed by atoms with Crippen LogP contribution in [-0.2, 0) is 0 Å². The molecule has 0 aromatic rings. The van der Waals surface area contributed by atoms with Gasteiger partial charge in [0.2, 0.25) is 0 Å². The SMILES string of the molecule is C[Si](C)(C)/C=C/C1=C(Br)CCCC1. The Kier molecular flexibility index (Phi) is 3.99. The minimum atomic E-state index is -1.01. The molecule has 0 fully saturated rings. The lowest BCUT2D eigenvalue weighted by atomic mass is 10.00. The fourth-order valence-electron chi connectivity index (χ4n) is 1.42. The van der Waals surface area contributed by atoms with Crippen molar-refractivity contribution in [2.24, 2.45) is 0 Å². The van der Waals surface area contributed by atoms with E-state index in [2.05, 4.69) is 47.3 Å². The van der Waals surface area contributed by atoms with E-state index in [1.54, 1.807) is 0 Å². The van der Waals surface area contributed by atoms with Crippen LogP contribution in [0, 0.1) is 0 Å². The largest absolute Gasteiger partial charge is 0.0947 e. The average Bonchev–Trinajstić information content (AvgIpc) is 2.01. The molecule has 0 atom stereocenters. The molecule has 74 valence electrons. The molecule has 0 saturated heterocycles. The highest BCUT2D eigenvalue weighted by molar-refractivity contribution is 9.11. The highest BCUT2D eigenvalue weighted by Gasteiger charge is 2.10. The average molecular weight is 259 g/mol. The van der Waals surface area contributed by atoms with Crippen molar-refractivity contribution in [2.75, 3.05) is 0 Å². The Morgan fingerprint density at radius 1 is 1.15 bits per heavy atom. The van der Waals surface area contributed by atoms with E-state index < -0.39 is 8.07 Å². The molecule has 0 aromatic carbocycles. The van der Waals surface area contributed by atoms with Crippen LogP contribution in [0.15, 0.2) is 21.8 Å². The molecule has 0 spiro atoms. The van der Waals surface area contributed by atoms with Crippen molar-refractivity contribution in [1.29, 1.82) is 0 Å². The van der Waals surface area contributed by atoms with Gasteiger partial charge in [0.05, 0.1) is 8.07 Å². The van der Waals surface area contributed by atoms with Gasteiger partial charge in [-0.2, -0.15) is 0 Å². The smallest absolute Gasteiger partial charge is 0.0687 e. The molecular formula is C11H19BrSi. The van der Waals surface area contributed by atoms with Crippen LogP contribution in [0.4, 0.5) is 0 Å². The molecule has 0 aromatic heterocycles. The van der Waals surface area contributed by atoms with Crippen LogP contribution in [0.2, 0.25) is 19.6 Å². The van der Waals surface area contributed by atoms with Crippen LogP contribution in [0.5, 0.6) is 0 Å². The van der Waals surface area contributed by atoms with E-state index in [-0.39, 0.29) is 0 Å². The van der Waals surface area contributed by atoms with Crippen LogP contribution in [-0.4, -0.2) is 8.07 Å². The fourth-order valence-corrected chi connectivity index (χ4v) is 2.73. The number of halogens is 1. The molecule has 0 unspecified atom stereocenters. The number of hydrogen-bond acceptors (Lipinski definition) is 0. The highest BCUT2D eigenvalue weighted by Crippen LogP contribution is 2.29. The molecule has 1 aliphatic carbocycles. The molecule has 0 saturated carbocycles. The third kappa shape index (κ3) is 4.27. The normalized spacial score (nSPS) is 20.0. The molecule has 1 rings (SSSR count). The standard InChI is InChI=1S/C11H19BrSi/c1-13(2,3)9-8-10-6-4-5-7-11(10)12/h8-9H,4-7H2,1-3H3/b9-8+. The second kappa shape index (κ2) is 4.60. The summed E-state index contributed by atoms with van der Waals surface area (Å²) in [5.41, 5.74) is 3.98. The topological polar surface area (TPSA) is 0 Å². The van der Waals surface area contributed by atoms with Gasteiger partial charge in [0, 0.05) is 0 Å². The first-order valence-corrected chi connectivity index (χ1v) is 9.43. The molecule has 13 heavy (non-hydrogen) atoms. The molecule has 0 bridgehead atoms. The summed E-state index contributed by atoms with van der Waals surface area (Å²) in [4.78, 5) is 0. The second-order valence-electron chi connectivity index (χ2n) is 4.84. The number of rotatable bonds is 2. The molecule has 0 radical (unpaired) electrons. The quantitative estimate of drug-likeness (QED) is 0.633. The Morgan fingerprint density at radius 3 is 2.31 bits per heavy atom. The van der Waals surface area contributed by atoms with Crippen molar-refractivity contribution in [1.82, 2.24) is 0 Å². The van der Waals surface area contributed by atoms with E-state index in [0.717, 1.165) is 0 Å². The van der Waals surface area contributed by atoms with Gasteiger partial charge in [-0.1, -0.05) is 47.3 Å². The fraction of sp³-hybridized carbons (Fsp3) is 0.636. The van der Waals surface area contributed by atoms with E-state index in [1.807, 2.05) is 0 Å². The van der Waals surface area contributed by atoms with Crippen molar-refractivity contribution in [3.8, 4) is 0 Å². The Bertz CT molecular complexity index is 233. The summed E-state index contributed by atoms with van der Waals surface area (Å²) in [6, 6.07) is 0. The van der Waals surface area contributed by atoms with Gasteiger partial charge >= 0.3 is 0 Å². The van der Waals surface area contributed by atoms with Gasteiger partial charge in [-0.25, -0.2) is 0 Å². The highest BCUT2D eigenvalue weighted by atomic mass is 79.9. The molecule has 1 aliphatic rings. The summed E-state index contributed by atoms with van der Waals surface area (Å²) in [5, 5.41) is 0. The monoisotopic (exact) mass is 258 g/mol. The molecule has 0 aliphatic heterocycles. The van der Waals surface area contributed by atoms with E-state index in [4.69, 9.17) is 0 Å². The van der Waals surface area contributed by atoms with Crippen LogP contribution in [0.3, 0.4) is 0 Å². The predicted molar refractivity (Wildman–Crippen MR) is 66.9 cm³/mol. The summed E-state index contributed by atoms with van der Waals surface area (Å²) in [5.74, 6) is 0. The lowest BCUT2D eigenvalue weighted by Gasteiger charge is -2.15. The minimum absolute atomic E-state index is 1.01. The Labute approximate surface area is 91.3 Å². The van der Waals surface area contributed by atoms with Crippen molar-refractivity contribution in [2.45, 2.75) is 45.3 Å². The maximum absolute atomic E-state index is 3.67. The van der Waals surface area contributed by atoms with E-state index in [1.165, 1.54) is 35.7 Å². The van der Waals surface area contributed by atoms with Gasteiger partial charge in [-0.05, 0) is 35.7 Å². The molecule has 0 N–H and O–H groups in total. The Morgan fingerprint density at radius 2 is 1.77 bits per heavy atom. The van der Waals surface area contributed by atoms with Gasteiger partial charge in [-0.15, -0.1) is 0 Å². The Balaban J connectivity index is 2.67. The van der Waals surface area contributed by atoms with E-state index >= 15 is 0 Å². The molecule has 0 heterocycles. The zero-order chi connectivity index (χ0) is 9.90. The van der Waals surface area contributed by atoms with Gasteiger partial charge in [0.25, 0.3) is 0 Å².